The summed E-state index contributed by atoms with van der Waals surface area (Å²) in [6, 6.07) is 16.7. The van der Waals surface area contributed by atoms with E-state index in [9.17, 15) is 29.1 Å². The number of carboxylic acid groups (broad SMARTS) is 1. The first-order valence-corrected chi connectivity index (χ1v) is 11.8. The molecule has 4 rings (SSSR count). The molecule has 10 heteroatoms. The summed E-state index contributed by atoms with van der Waals surface area (Å²) in [6.07, 6.45) is 1.98. The monoisotopic (exact) mass is 502 g/mol. The SMILES string of the molecule is O=C(Nc1ccc(C[C@H](NC(=O)C2CCC(=O)N2Cc2ccccc2)C(=O)O)cc1)c1ccc[nH]c1=O. The minimum absolute atomic E-state index is 0.00695. The van der Waals surface area contributed by atoms with Crippen molar-refractivity contribution in [1.29, 1.82) is 0 Å². The molecule has 1 aromatic heterocycles. The summed E-state index contributed by atoms with van der Waals surface area (Å²) in [6.45, 7) is 0.275. The van der Waals surface area contributed by atoms with Crippen LogP contribution < -0.4 is 16.2 Å². The summed E-state index contributed by atoms with van der Waals surface area (Å²) in [5.74, 6) is -2.43. The van der Waals surface area contributed by atoms with Crippen LogP contribution in [-0.4, -0.2) is 50.8 Å². The van der Waals surface area contributed by atoms with Gasteiger partial charge in [0.05, 0.1) is 0 Å². The molecule has 3 amide bonds. The number of aliphatic carboxylic acids is 1. The molecule has 0 saturated carbocycles. The van der Waals surface area contributed by atoms with Crippen molar-refractivity contribution < 1.29 is 24.3 Å². The van der Waals surface area contributed by atoms with Crippen molar-refractivity contribution in [3.8, 4) is 0 Å². The number of hydrogen-bond donors (Lipinski definition) is 4. The van der Waals surface area contributed by atoms with Crippen LogP contribution in [-0.2, 0) is 27.3 Å². The van der Waals surface area contributed by atoms with E-state index in [-0.39, 0.29) is 30.9 Å². The lowest BCUT2D eigenvalue weighted by molar-refractivity contribution is -0.143. The molecule has 190 valence electrons. The molecule has 0 spiro atoms. The third-order valence-corrected chi connectivity index (χ3v) is 6.16. The van der Waals surface area contributed by atoms with Gasteiger partial charge in [0, 0.05) is 31.3 Å². The number of carbonyl (C=O) groups is 4. The second-order valence-corrected chi connectivity index (χ2v) is 8.73. The first kappa shape index (κ1) is 25.4. The summed E-state index contributed by atoms with van der Waals surface area (Å²) in [7, 11) is 0. The van der Waals surface area contributed by atoms with Crippen LogP contribution in [0.2, 0.25) is 0 Å². The number of pyridine rings is 1. The molecule has 1 aliphatic rings. The molecule has 1 aliphatic heterocycles. The van der Waals surface area contributed by atoms with Crippen molar-refractivity contribution in [3.63, 3.8) is 0 Å². The average Bonchev–Trinajstić information content (AvgIpc) is 3.25. The Labute approximate surface area is 212 Å². The van der Waals surface area contributed by atoms with Crippen molar-refractivity contribution in [2.24, 2.45) is 0 Å². The lowest BCUT2D eigenvalue weighted by atomic mass is 10.0. The molecule has 2 atom stereocenters. The predicted molar refractivity (Wildman–Crippen MR) is 135 cm³/mol. The fraction of sp³-hybridized carbons (Fsp3) is 0.222. The lowest BCUT2D eigenvalue weighted by Crippen LogP contribution is -2.50. The highest BCUT2D eigenvalue weighted by atomic mass is 16.4. The van der Waals surface area contributed by atoms with E-state index in [1.54, 1.807) is 30.3 Å². The van der Waals surface area contributed by atoms with Gasteiger partial charge in [-0.2, -0.15) is 0 Å². The van der Waals surface area contributed by atoms with Gasteiger partial charge in [-0.1, -0.05) is 42.5 Å². The summed E-state index contributed by atoms with van der Waals surface area (Å²) in [5.41, 5.74) is 1.38. The highest BCUT2D eigenvalue weighted by molar-refractivity contribution is 6.04. The number of rotatable bonds is 9. The van der Waals surface area contributed by atoms with Crippen LogP contribution in [0.3, 0.4) is 0 Å². The predicted octanol–water partition coefficient (Wildman–Crippen LogP) is 1.93. The van der Waals surface area contributed by atoms with Crippen LogP contribution in [0.4, 0.5) is 5.69 Å². The highest BCUT2D eigenvalue weighted by Gasteiger charge is 2.37. The molecule has 4 N–H and O–H groups in total. The quantitative estimate of drug-likeness (QED) is 0.351. The van der Waals surface area contributed by atoms with E-state index in [0.29, 0.717) is 17.7 Å². The van der Waals surface area contributed by atoms with E-state index in [1.165, 1.54) is 17.2 Å². The topological polar surface area (TPSA) is 149 Å². The fourth-order valence-corrected chi connectivity index (χ4v) is 4.21. The van der Waals surface area contributed by atoms with Crippen LogP contribution in [0, 0.1) is 0 Å². The molecule has 2 aromatic carbocycles. The van der Waals surface area contributed by atoms with Gasteiger partial charge in [-0.25, -0.2) is 4.79 Å². The standard InChI is InChI=1S/C27H26N4O6/c32-23-13-12-22(31(23)16-18-5-2-1-3-6-18)26(35)30-21(27(36)37)15-17-8-10-19(11-9-17)29-25(34)20-7-4-14-28-24(20)33/h1-11,14,21-22H,12-13,15-16H2,(H,28,33)(H,29,34)(H,30,35)(H,36,37)/t21-,22?/m0/s1. The second-order valence-electron chi connectivity index (χ2n) is 8.73. The Bertz CT molecular complexity index is 1350. The first-order valence-electron chi connectivity index (χ1n) is 11.8. The van der Waals surface area contributed by atoms with Gasteiger partial charge in [0.25, 0.3) is 11.5 Å². The molecule has 3 aromatic rings. The van der Waals surface area contributed by atoms with Gasteiger partial charge < -0.3 is 25.6 Å². The minimum atomic E-state index is -1.20. The molecule has 2 heterocycles. The van der Waals surface area contributed by atoms with Gasteiger partial charge in [0.15, 0.2) is 0 Å². The van der Waals surface area contributed by atoms with E-state index in [1.807, 2.05) is 30.3 Å². The van der Waals surface area contributed by atoms with Crippen molar-refractivity contribution >= 4 is 29.4 Å². The largest absolute Gasteiger partial charge is 0.480 e. The summed E-state index contributed by atoms with van der Waals surface area (Å²) in [4.78, 5) is 65.3. The Balaban J connectivity index is 1.38. The van der Waals surface area contributed by atoms with E-state index in [0.717, 1.165) is 5.56 Å². The van der Waals surface area contributed by atoms with Gasteiger partial charge in [-0.15, -0.1) is 0 Å². The number of aromatic nitrogens is 1. The van der Waals surface area contributed by atoms with Gasteiger partial charge >= 0.3 is 5.97 Å². The molecule has 1 unspecified atom stereocenters. The average molecular weight is 503 g/mol. The third-order valence-electron chi connectivity index (χ3n) is 6.16. The van der Waals surface area contributed by atoms with Crippen molar-refractivity contribution in [2.75, 3.05) is 5.32 Å². The number of carboxylic acids is 1. The van der Waals surface area contributed by atoms with Crippen molar-refractivity contribution in [1.82, 2.24) is 15.2 Å². The third kappa shape index (κ3) is 6.29. The first-order chi connectivity index (χ1) is 17.8. The zero-order valence-electron chi connectivity index (χ0n) is 19.8. The summed E-state index contributed by atoms with van der Waals surface area (Å²) < 4.78 is 0. The van der Waals surface area contributed by atoms with E-state index < -0.39 is 35.4 Å². The number of anilines is 1. The molecular weight excluding hydrogens is 476 g/mol. The van der Waals surface area contributed by atoms with Crippen LogP contribution in [0.15, 0.2) is 77.7 Å². The molecule has 1 fully saturated rings. The number of nitrogens with zero attached hydrogens (tertiary/aromatic N) is 1. The highest BCUT2D eigenvalue weighted by Crippen LogP contribution is 2.22. The van der Waals surface area contributed by atoms with Gasteiger partial charge in [-0.3, -0.25) is 19.2 Å². The Hall–Kier alpha value is -4.73. The van der Waals surface area contributed by atoms with Crippen molar-refractivity contribution in [2.45, 2.75) is 37.9 Å². The Morgan fingerprint density at radius 2 is 1.70 bits per heavy atom. The van der Waals surface area contributed by atoms with Crippen LogP contribution in [0.1, 0.15) is 34.3 Å². The maximum atomic E-state index is 13.0. The van der Waals surface area contributed by atoms with Crippen LogP contribution in [0.25, 0.3) is 0 Å². The van der Waals surface area contributed by atoms with Crippen LogP contribution >= 0.6 is 0 Å². The number of likely N-dealkylation sites (tertiary alicyclic amines) is 1. The summed E-state index contributed by atoms with van der Waals surface area (Å²) >= 11 is 0. The van der Waals surface area contributed by atoms with E-state index in [4.69, 9.17) is 0 Å². The van der Waals surface area contributed by atoms with E-state index in [2.05, 4.69) is 15.6 Å². The Morgan fingerprint density at radius 3 is 2.38 bits per heavy atom. The zero-order valence-corrected chi connectivity index (χ0v) is 19.8. The molecule has 1 saturated heterocycles. The normalized spacial score (nSPS) is 15.7. The Morgan fingerprint density at radius 1 is 0.973 bits per heavy atom. The molecule has 0 radical (unpaired) electrons. The molecular formula is C27H26N4O6. The van der Waals surface area contributed by atoms with Gasteiger partial charge in [0.1, 0.15) is 17.6 Å². The van der Waals surface area contributed by atoms with Crippen LogP contribution in [0.5, 0.6) is 0 Å². The lowest BCUT2D eigenvalue weighted by Gasteiger charge is -2.26. The number of H-pyrrole nitrogens is 1. The molecule has 10 nitrogen and oxygen atoms in total. The number of nitrogens with one attached hydrogen (secondary N) is 3. The van der Waals surface area contributed by atoms with Gasteiger partial charge in [-0.05, 0) is 41.8 Å². The number of amides is 3. The smallest absolute Gasteiger partial charge is 0.326 e. The summed E-state index contributed by atoms with van der Waals surface area (Å²) in [5, 5.41) is 14.9. The molecule has 0 bridgehead atoms. The number of aromatic amines is 1. The molecule has 0 aliphatic carbocycles. The number of benzene rings is 2. The second kappa shape index (κ2) is 11.3. The van der Waals surface area contributed by atoms with Gasteiger partial charge in [0.2, 0.25) is 11.8 Å². The fourth-order valence-electron chi connectivity index (χ4n) is 4.21. The Kier molecular flexibility index (Phi) is 7.77. The maximum Gasteiger partial charge on any atom is 0.326 e. The number of carbonyl (C=O) groups excluding carboxylic acids is 3. The van der Waals surface area contributed by atoms with Crippen molar-refractivity contribution in [3.05, 3.63) is 100.0 Å². The zero-order chi connectivity index (χ0) is 26.4. The number of hydrogen-bond acceptors (Lipinski definition) is 5. The van der Waals surface area contributed by atoms with E-state index >= 15 is 0 Å². The minimum Gasteiger partial charge on any atom is -0.480 e. The maximum absolute atomic E-state index is 13.0. The molecule has 37 heavy (non-hydrogen) atoms.